The molecule has 2 aromatic rings. The van der Waals surface area contributed by atoms with Crippen LogP contribution in [0.5, 0.6) is 0 Å². The number of aromatic amines is 1. The van der Waals surface area contributed by atoms with Crippen molar-refractivity contribution in [3.8, 4) is 0 Å². The van der Waals surface area contributed by atoms with E-state index in [1.165, 1.54) is 11.8 Å². The molecule has 4 nitrogen and oxygen atoms in total. The number of anilines is 1. The first-order valence-electron chi connectivity index (χ1n) is 4.81. The molecule has 0 atom stereocenters. The summed E-state index contributed by atoms with van der Waals surface area (Å²) >= 11 is 1.50. The second kappa shape index (κ2) is 5.37. The second-order valence-electron chi connectivity index (χ2n) is 3.09. The van der Waals surface area contributed by atoms with Crippen molar-refractivity contribution in [2.24, 2.45) is 0 Å². The Kier molecular flexibility index (Phi) is 3.61. The van der Waals surface area contributed by atoms with Gasteiger partial charge in [0.25, 0.3) is 0 Å². The summed E-state index contributed by atoms with van der Waals surface area (Å²) in [7, 11) is 0. The minimum absolute atomic E-state index is 0.0659. The predicted octanol–water partition coefficient (Wildman–Crippen LogP) is 2.14. The molecule has 0 aliphatic heterocycles. The average Bonchev–Trinajstić information content (AvgIpc) is 2.81. The molecule has 1 aromatic heterocycles. The van der Waals surface area contributed by atoms with Gasteiger partial charge in [-0.05, 0) is 12.1 Å². The molecule has 0 spiro atoms. The molecular weight excluding hydrogens is 222 g/mol. The maximum absolute atomic E-state index is 11.5. The molecule has 1 amide bonds. The molecule has 0 fully saturated rings. The molecule has 0 saturated carbocycles. The van der Waals surface area contributed by atoms with Crippen molar-refractivity contribution >= 4 is 23.6 Å². The van der Waals surface area contributed by atoms with Crippen LogP contribution >= 0.6 is 11.8 Å². The third-order valence-corrected chi connectivity index (χ3v) is 2.88. The fourth-order valence-electron chi connectivity index (χ4n) is 1.17. The van der Waals surface area contributed by atoms with Gasteiger partial charge in [-0.15, -0.1) is 11.8 Å². The normalized spacial score (nSPS) is 10.0. The van der Waals surface area contributed by atoms with Gasteiger partial charge in [0.05, 0.1) is 5.75 Å². The second-order valence-corrected chi connectivity index (χ2v) is 4.14. The summed E-state index contributed by atoms with van der Waals surface area (Å²) in [6.45, 7) is 0. The molecule has 82 valence electrons. The smallest absolute Gasteiger partial charge is 0.237 e. The lowest BCUT2D eigenvalue weighted by Gasteiger charge is -2.01. The zero-order valence-corrected chi connectivity index (χ0v) is 9.33. The lowest BCUT2D eigenvalue weighted by Crippen LogP contribution is -2.14. The van der Waals surface area contributed by atoms with Gasteiger partial charge in [0.2, 0.25) is 11.9 Å². The van der Waals surface area contributed by atoms with Crippen LogP contribution < -0.4 is 5.32 Å². The van der Waals surface area contributed by atoms with Crippen LogP contribution in [0, 0.1) is 0 Å². The summed E-state index contributed by atoms with van der Waals surface area (Å²) < 4.78 is 0. The highest BCUT2D eigenvalue weighted by molar-refractivity contribution is 8.00. The Hall–Kier alpha value is -1.75. The highest BCUT2D eigenvalue weighted by Crippen LogP contribution is 2.16. The topological polar surface area (TPSA) is 57.8 Å². The molecule has 0 bridgehead atoms. The molecule has 0 aliphatic carbocycles. The van der Waals surface area contributed by atoms with Crippen molar-refractivity contribution in [1.29, 1.82) is 0 Å². The first kappa shape index (κ1) is 10.8. The number of H-pyrrole nitrogens is 1. The monoisotopic (exact) mass is 233 g/mol. The average molecular weight is 233 g/mol. The van der Waals surface area contributed by atoms with Crippen molar-refractivity contribution in [3.05, 3.63) is 42.7 Å². The molecule has 1 aromatic carbocycles. The summed E-state index contributed by atoms with van der Waals surface area (Å²) in [5.74, 6) is 0.799. The Labute approximate surface area is 97.5 Å². The summed E-state index contributed by atoms with van der Waals surface area (Å²) in [5.41, 5.74) is 0. The number of nitrogens with one attached hydrogen (secondary N) is 2. The van der Waals surface area contributed by atoms with Crippen molar-refractivity contribution in [2.75, 3.05) is 11.1 Å². The van der Waals surface area contributed by atoms with E-state index in [1.54, 1.807) is 12.4 Å². The van der Waals surface area contributed by atoms with E-state index in [4.69, 9.17) is 0 Å². The van der Waals surface area contributed by atoms with Gasteiger partial charge in [-0.3, -0.25) is 10.1 Å². The molecule has 0 saturated heterocycles. The van der Waals surface area contributed by atoms with Gasteiger partial charge in [-0.1, -0.05) is 18.2 Å². The van der Waals surface area contributed by atoms with Crippen molar-refractivity contribution < 1.29 is 4.79 Å². The highest BCUT2D eigenvalue weighted by Gasteiger charge is 2.04. The summed E-state index contributed by atoms with van der Waals surface area (Å²) in [4.78, 5) is 19.3. The van der Waals surface area contributed by atoms with Crippen LogP contribution in [0.2, 0.25) is 0 Å². The van der Waals surface area contributed by atoms with Crippen LogP contribution in [0.3, 0.4) is 0 Å². The fraction of sp³-hybridized carbons (Fsp3) is 0.0909. The molecular formula is C11H11N3OS. The van der Waals surface area contributed by atoms with Crippen molar-refractivity contribution in [1.82, 2.24) is 9.97 Å². The third-order valence-electron chi connectivity index (χ3n) is 1.87. The van der Waals surface area contributed by atoms with E-state index in [0.29, 0.717) is 11.7 Å². The number of hydrogen-bond acceptors (Lipinski definition) is 3. The Bertz CT molecular complexity index is 442. The van der Waals surface area contributed by atoms with E-state index in [1.807, 2.05) is 30.3 Å². The van der Waals surface area contributed by atoms with Gasteiger partial charge in [0.1, 0.15) is 0 Å². The number of rotatable bonds is 4. The van der Waals surface area contributed by atoms with Gasteiger partial charge in [0.15, 0.2) is 0 Å². The van der Waals surface area contributed by atoms with Crippen molar-refractivity contribution in [2.45, 2.75) is 4.90 Å². The SMILES string of the molecule is O=C(CSc1ccccc1)Nc1ncc[nH]1. The number of hydrogen-bond donors (Lipinski definition) is 2. The van der Waals surface area contributed by atoms with Crippen LogP contribution in [0.1, 0.15) is 0 Å². The standard InChI is InChI=1S/C11H11N3OS/c15-10(14-11-12-6-7-13-11)8-16-9-4-2-1-3-5-9/h1-7H,8H2,(H2,12,13,14,15). The first-order chi connectivity index (χ1) is 7.84. The minimum atomic E-state index is -0.0659. The van der Waals surface area contributed by atoms with E-state index in [2.05, 4.69) is 15.3 Å². The van der Waals surface area contributed by atoms with Gasteiger partial charge in [-0.2, -0.15) is 0 Å². The van der Waals surface area contributed by atoms with Crippen LogP contribution in [0.25, 0.3) is 0 Å². The van der Waals surface area contributed by atoms with Gasteiger partial charge < -0.3 is 4.98 Å². The van der Waals surface area contributed by atoms with Crippen LogP contribution in [-0.2, 0) is 4.79 Å². The maximum Gasteiger partial charge on any atom is 0.237 e. The Morgan fingerprint density at radius 2 is 2.19 bits per heavy atom. The van der Waals surface area contributed by atoms with E-state index < -0.39 is 0 Å². The summed E-state index contributed by atoms with van der Waals surface area (Å²) in [6, 6.07) is 9.81. The van der Waals surface area contributed by atoms with E-state index >= 15 is 0 Å². The number of amides is 1. The van der Waals surface area contributed by atoms with Crippen molar-refractivity contribution in [3.63, 3.8) is 0 Å². The lowest BCUT2D eigenvalue weighted by molar-refractivity contribution is -0.113. The Morgan fingerprint density at radius 3 is 2.88 bits per heavy atom. The zero-order chi connectivity index (χ0) is 11.2. The molecule has 0 aliphatic rings. The molecule has 2 N–H and O–H groups in total. The zero-order valence-electron chi connectivity index (χ0n) is 8.51. The molecule has 0 radical (unpaired) electrons. The number of carbonyl (C=O) groups excluding carboxylic acids is 1. The number of carbonyl (C=O) groups is 1. The van der Waals surface area contributed by atoms with Gasteiger partial charge >= 0.3 is 0 Å². The molecule has 5 heteroatoms. The maximum atomic E-state index is 11.5. The molecule has 1 heterocycles. The molecule has 0 unspecified atom stereocenters. The van der Waals surface area contributed by atoms with Crippen LogP contribution in [0.15, 0.2) is 47.6 Å². The Balaban J connectivity index is 1.80. The number of aromatic nitrogens is 2. The largest absolute Gasteiger partial charge is 0.331 e. The Morgan fingerprint density at radius 1 is 1.38 bits per heavy atom. The quantitative estimate of drug-likeness (QED) is 0.795. The van der Waals surface area contributed by atoms with E-state index in [0.717, 1.165) is 4.90 Å². The molecule has 2 rings (SSSR count). The van der Waals surface area contributed by atoms with Crippen LogP contribution in [0.4, 0.5) is 5.95 Å². The van der Waals surface area contributed by atoms with Gasteiger partial charge in [-0.25, -0.2) is 4.98 Å². The number of thioether (sulfide) groups is 1. The lowest BCUT2D eigenvalue weighted by atomic mass is 10.4. The first-order valence-corrected chi connectivity index (χ1v) is 5.80. The summed E-state index contributed by atoms with van der Waals surface area (Å²) in [6.07, 6.45) is 3.26. The fourth-order valence-corrected chi connectivity index (χ4v) is 1.89. The van der Waals surface area contributed by atoms with E-state index in [-0.39, 0.29) is 5.91 Å². The van der Waals surface area contributed by atoms with E-state index in [9.17, 15) is 4.79 Å². The summed E-state index contributed by atoms with van der Waals surface area (Å²) in [5, 5.41) is 2.67. The predicted molar refractivity (Wildman–Crippen MR) is 64.4 cm³/mol. The van der Waals surface area contributed by atoms with Crippen LogP contribution in [-0.4, -0.2) is 21.6 Å². The number of imidazole rings is 1. The highest BCUT2D eigenvalue weighted by atomic mass is 32.2. The van der Waals surface area contributed by atoms with Gasteiger partial charge in [0, 0.05) is 17.3 Å². The third kappa shape index (κ3) is 3.13. The molecule has 16 heavy (non-hydrogen) atoms. The number of benzene rings is 1. The number of nitrogens with zero attached hydrogens (tertiary/aromatic N) is 1. The minimum Gasteiger partial charge on any atom is -0.331 e.